The summed E-state index contributed by atoms with van der Waals surface area (Å²) in [4.78, 5) is 27.2. The molecule has 15 heavy (non-hydrogen) atoms. The maximum absolute atomic E-state index is 11.2. The first-order valence-corrected chi connectivity index (χ1v) is 4.78. The van der Waals surface area contributed by atoms with E-state index in [1.807, 2.05) is 5.48 Å². The van der Waals surface area contributed by atoms with Crippen LogP contribution in [0.25, 0.3) is 0 Å². The second-order valence-electron chi connectivity index (χ2n) is 3.69. The highest BCUT2D eigenvalue weighted by Crippen LogP contribution is 2.00. The molecule has 0 aromatic carbocycles. The minimum atomic E-state index is -1.12. The van der Waals surface area contributed by atoms with Crippen molar-refractivity contribution in [1.29, 1.82) is 0 Å². The molecular formula is C9H18N2O4. The Morgan fingerprint density at radius 1 is 1.47 bits per heavy atom. The van der Waals surface area contributed by atoms with Gasteiger partial charge >= 0.3 is 12.0 Å². The fraction of sp³-hybridized carbons (Fsp3) is 0.778. The van der Waals surface area contributed by atoms with E-state index in [9.17, 15) is 9.59 Å². The molecular weight excluding hydrogens is 200 g/mol. The van der Waals surface area contributed by atoms with Gasteiger partial charge in [-0.15, -0.1) is 0 Å². The van der Waals surface area contributed by atoms with Gasteiger partial charge in [0.15, 0.2) is 6.61 Å². The van der Waals surface area contributed by atoms with E-state index in [0.717, 1.165) is 6.42 Å². The molecule has 0 fully saturated rings. The van der Waals surface area contributed by atoms with Gasteiger partial charge in [-0.25, -0.2) is 15.1 Å². The molecule has 0 bridgehead atoms. The minimum Gasteiger partial charge on any atom is -0.479 e. The summed E-state index contributed by atoms with van der Waals surface area (Å²) in [5.74, 6) is -0.611. The van der Waals surface area contributed by atoms with Gasteiger partial charge in [0, 0.05) is 13.6 Å². The standard InChI is InChI=1S/C9H18N2O4/c1-7(2)4-5-11(3)9(14)10-15-6-8(12)13/h7H,4-6H2,1-3H3,(H,10,14)(H,12,13). The zero-order valence-electron chi connectivity index (χ0n) is 9.32. The molecule has 0 saturated carbocycles. The third-order valence-corrected chi connectivity index (χ3v) is 1.74. The first-order chi connectivity index (χ1) is 6.93. The molecule has 0 aromatic rings. The van der Waals surface area contributed by atoms with E-state index in [2.05, 4.69) is 18.7 Å². The Hall–Kier alpha value is -1.30. The summed E-state index contributed by atoms with van der Waals surface area (Å²) < 4.78 is 0. The zero-order chi connectivity index (χ0) is 11.8. The first kappa shape index (κ1) is 13.7. The third kappa shape index (κ3) is 7.75. The third-order valence-electron chi connectivity index (χ3n) is 1.74. The second-order valence-corrected chi connectivity index (χ2v) is 3.69. The summed E-state index contributed by atoms with van der Waals surface area (Å²) in [6.45, 7) is 4.20. The average Bonchev–Trinajstić information content (AvgIpc) is 2.13. The minimum absolute atomic E-state index is 0.433. The summed E-state index contributed by atoms with van der Waals surface area (Å²) in [5, 5.41) is 8.25. The number of aliphatic carboxylic acids is 1. The van der Waals surface area contributed by atoms with Crippen molar-refractivity contribution in [2.24, 2.45) is 5.92 Å². The molecule has 6 nitrogen and oxygen atoms in total. The van der Waals surface area contributed by atoms with E-state index >= 15 is 0 Å². The van der Waals surface area contributed by atoms with Crippen LogP contribution < -0.4 is 5.48 Å². The molecule has 0 rings (SSSR count). The summed E-state index contributed by atoms with van der Waals surface area (Å²) in [6, 6.07) is -0.433. The second kappa shape index (κ2) is 7.05. The SMILES string of the molecule is CC(C)CCN(C)C(=O)NOCC(=O)O. The smallest absolute Gasteiger partial charge is 0.341 e. The van der Waals surface area contributed by atoms with E-state index in [1.165, 1.54) is 4.90 Å². The highest BCUT2D eigenvalue weighted by atomic mass is 16.7. The Kier molecular flexibility index (Phi) is 6.44. The van der Waals surface area contributed by atoms with Crippen molar-refractivity contribution >= 4 is 12.0 Å². The number of carbonyl (C=O) groups excluding carboxylic acids is 1. The number of rotatable bonds is 6. The normalized spacial score (nSPS) is 10.1. The van der Waals surface area contributed by atoms with Crippen LogP contribution >= 0.6 is 0 Å². The maximum atomic E-state index is 11.2. The number of carboxylic acids is 1. The van der Waals surface area contributed by atoms with Crippen LogP contribution in [0.1, 0.15) is 20.3 Å². The van der Waals surface area contributed by atoms with Crippen LogP contribution in [0.15, 0.2) is 0 Å². The van der Waals surface area contributed by atoms with Crippen molar-refractivity contribution in [3.05, 3.63) is 0 Å². The lowest BCUT2D eigenvalue weighted by molar-refractivity contribution is -0.144. The summed E-state index contributed by atoms with van der Waals surface area (Å²) in [5.41, 5.74) is 2.04. The predicted octanol–water partition coefficient (Wildman–Crippen LogP) is 0.690. The van der Waals surface area contributed by atoms with E-state index in [-0.39, 0.29) is 0 Å². The van der Waals surface area contributed by atoms with Crippen LogP contribution in [0.2, 0.25) is 0 Å². The van der Waals surface area contributed by atoms with Crippen LogP contribution in [0.5, 0.6) is 0 Å². The lowest BCUT2D eigenvalue weighted by Gasteiger charge is -2.18. The molecule has 0 atom stereocenters. The number of hydrogen-bond acceptors (Lipinski definition) is 3. The van der Waals surface area contributed by atoms with E-state index < -0.39 is 18.6 Å². The van der Waals surface area contributed by atoms with E-state index in [0.29, 0.717) is 12.5 Å². The molecule has 6 heteroatoms. The fourth-order valence-electron chi connectivity index (χ4n) is 0.791. The Morgan fingerprint density at radius 3 is 2.53 bits per heavy atom. The van der Waals surface area contributed by atoms with Crippen molar-refractivity contribution in [3.8, 4) is 0 Å². The number of carboxylic acid groups (broad SMARTS) is 1. The molecule has 0 aliphatic carbocycles. The Morgan fingerprint density at radius 2 is 2.07 bits per heavy atom. The number of hydrogen-bond donors (Lipinski definition) is 2. The number of urea groups is 1. The number of carbonyl (C=O) groups is 2. The van der Waals surface area contributed by atoms with Gasteiger partial charge in [-0.3, -0.25) is 4.84 Å². The molecule has 0 radical (unpaired) electrons. The topological polar surface area (TPSA) is 78.9 Å². The van der Waals surface area contributed by atoms with Crippen molar-refractivity contribution < 1.29 is 19.5 Å². The summed E-state index contributed by atoms with van der Waals surface area (Å²) in [6.07, 6.45) is 0.892. The zero-order valence-corrected chi connectivity index (χ0v) is 9.32. The van der Waals surface area contributed by atoms with Crippen LogP contribution in [0.4, 0.5) is 4.79 Å². The maximum Gasteiger partial charge on any atom is 0.341 e. The molecule has 2 N–H and O–H groups in total. The lowest BCUT2D eigenvalue weighted by Crippen LogP contribution is -2.38. The van der Waals surface area contributed by atoms with E-state index in [1.54, 1.807) is 7.05 Å². The Labute approximate surface area is 89.2 Å². The van der Waals surface area contributed by atoms with Gasteiger partial charge in [0.2, 0.25) is 0 Å². The summed E-state index contributed by atoms with van der Waals surface area (Å²) >= 11 is 0. The van der Waals surface area contributed by atoms with Crippen LogP contribution in [0, 0.1) is 5.92 Å². The van der Waals surface area contributed by atoms with Crippen molar-refractivity contribution in [2.45, 2.75) is 20.3 Å². The lowest BCUT2D eigenvalue weighted by atomic mass is 10.1. The largest absolute Gasteiger partial charge is 0.479 e. The first-order valence-electron chi connectivity index (χ1n) is 4.78. The molecule has 0 aliphatic heterocycles. The molecule has 0 saturated heterocycles. The van der Waals surface area contributed by atoms with E-state index in [4.69, 9.17) is 5.11 Å². The van der Waals surface area contributed by atoms with Crippen LogP contribution in [-0.2, 0) is 9.63 Å². The van der Waals surface area contributed by atoms with Gasteiger partial charge in [-0.05, 0) is 12.3 Å². The van der Waals surface area contributed by atoms with Gasteiger partial charge in [-0.2, -0.15) is 0 Å². The Balaban J connectivity index is 3.64. The van der Waals surface area contributed by atoms with Gasteiger partial charge in [0.25, 0.3) is 0 Å². The van der Waals surface area contributed by atoms with Crippen LogP contribution in [0.3, 0.4) is 0 Å². The molecule has 2 amide bonds. The summed E-state index contributed by atoms with van der Waals surface area (Å²) in [7, 11) is 1.63. The molecule has 0 unspecified atom stereocenters. The van der Waals surface area contributed by atoms with Gasteiger partial charge in [0.05, 0.1) is 0 Å². The van der Waals surface area contributed by atoms with Gasteiger partial charge < -0.3 is 10.0 Å². The molecule has 0 spiro atoms. The Bertz CT molecular complexity index is 218. The van der Waals surface area contributed by atoms with Crippen LogP contribution in [-0.4, -0.2) is 42.2 Å². The van der Waals surface area contributed by atoms with Gasteiger partial charge in [-0.1, -0.05) is 13.8 Å². The fourth-order valence-corrected chi connectivity index (χ4v) is 0.791. The molecule has 0 heterocycles. The molecule has 88 valence electrons. The number of nitrogens with one attached hydrogen (secondary N) is 1. The number of amides is 2. The molecule has 0 aliphatic rings. The predicted molar refractivity (Wildman–Crippen MR) is 54.2 cm³/mol. The van der Waals surface area contributed by atoms with Crippen molar-refractivity contribution in [2.75, 3.05) is 20.2 Å². The monoisotopic (exact) mass is 218 g/mol. The highest BCUT2D eigenvalue weighted by Gasteiger charge is 2.09. The van der Waals surface area contributed by atoms with Gasteiger partial charge in [0.1, 0.15) is 0 Å². The average molecular weight is 218 g/mol. The quantitative estimate of drug-likeness (QED) is 0.643. The van der Waals surface area contributed by atoms with Crippen molar-refractivity contribution in [3.63, 3.8) is 0 Å². The molecule has 0 aromatic heterocycles. The highest BCUT2D eigenvalue weighted by molar-refractivity contribution is 5.73. The van der Waals surface area contributed by atoms with Crippen molar-refractivity contribution in [1.82, 2.24) is 10.4 Å². The number of nitrogens with zero attached hydrogens (tertiary/aromatic N) is 1. The number of hydroxylamine groups is 1.